The number of benzene rings is 1. The van der Waals surface area contributed by atoms with Crippen LogP contribution < -0.4 is 15.4 Å². The van der Waals surface area contributed by atoms with Crippen LogP contribution >= 0.6 is 0 Å². The van der Waals surface area contributed by atoms with Gasteiger partial charge in [0.05, 0.1) is 12.6 Å². The summed E-state index contributed by atoms with van der Waals surface area (Å²) in [7, 11) is 1.66. The highest BCUT2D eigenvalue weighted by atomic mass is 16.6. The topological polar surface area (TPSA) is 59.6 Å². The van der Waals surface area contributed by atoms with E-state index in [1.54, 1.807) is 7.11 Å². The summed E-state index contributed by atoms with van der Waals surface area (Å²) in [5.74, 6) is 0.855. The summed E-state index contributed by atoms with van der Waals surface area (Å²) in [6.07, 6.45) is -0.406. The van der Waals surface area contributed by atoms with Crippen LogP contribution in [0.5, 0.6) is 5.75 Å². The predicted molar refractivity (Wildman–Crippen MR) is 88.1 cm³/mol. The zero-order chi connectivity index (χ0) is 16.8. The Morgan fingerprint density at radius 3 is 2.36 bits per heavy atom. The first kappa shape index (κ1) is 18.3. The van der Waals surface area contributed by atoms with Gasteiger partial charge in [0.1, 0.15) is 11.4 Å². The first-order valence-electron chi connectivity index (χ1n) is 7.47. The number of nitrogens with one attached hydrogen (secondary N) is 2. The van der Waals surface area contributed by atoms with Gasteiger partial charge in [-0.15, -0.1) is 0 Å². The summed E-state index contributed by atoms with van der Waals surface area (Å²) in [5.41, 5.74) is 0.174. The number of alkyl carbamates (subject to hydrolysis) is 1. The van der Waals surface area contributed by atoms with Crippen LogP contribution in [0, 0.1) is 0 Å². The number of hydrogen-bond donors (Lipinski definition) is 2. The van der Waals surface area contributed by atoms with E-state index < -0.39 is 17.2 Å². The summed E-state index contributed by atoms with van der Waals surface area (Å²) in [5, 5.41) is 6.21. The number of methoxy groups -OCH3 is 1. The van der Waals surface area contributed by atoms with Crippen molar-refractivity contribution in [2.45, 2.75) is 52.3 Å². The van der Waals surface area contributed by atoms with Crippen LogP contribution in [0.1, 0.15) is 40.2 Å². The lowest BCUT2D eigenvalue weighted by Gasteiger charge is -2.29. The third-order valence-corrected chi connectivity index (χ3v) is 2.91. The number of ether oxygens (including phenoxy) is 2. The number of carbonyl (C=O) groups is 1. The SMILES string of the molecule is COc1ccccc1CNCC(C)(C)NC(=O)OC(C)(C)C. The Hall–Kier alpha value is -1.75. The molecule has 0 fully saturated rings. The highest BCUT2D eigenvalue weighted by Gasteiger charge is 2.24. The van der Waals surface area contributed by atoms with Crippen molar-refractivity contribution >= 4 is 6.09 Å². The Kier molecular flexibility index (Phi) is 6.23. The van der Waals surface area contributed by atoms with Crippen molar-refractivity contribution in [3.63, 3.8) is 0 Å². The van der Waals surface area contributed by atoms with E-state index in [4.69, 9.17) is 9.47 Å². The predicted octanol–water partition coefficient (Wildman–Crippen LogP) is 3.09. The molecular formula is C17H28N2O3. The van der Waals surface area contributed by atoms with Crippen LogP contribution in [0.15, 0.2) is 24.3 Å². The minimum Gasteiger partial charge on any atom is -0.496 e. The van der Waals surface area contributed by atoms with Gasteiger partial charge in [0.2, 0.25) is 0 Å². The van der Waals surface area contributed by atoms with Gasteiger partial charge in [-0.2, -0.15) is 0 Å². The van der Waals surface area contributed by atoms with Gasteiger partial charge in [-0.3, -0.25) is 0 Å². The van der Waals surface area contributed by atoms with Gasteiger partial charge in [0.25, 0.3) is 0 Å². The van der Waals surface area contributed by atoms with Gasteiger partial charge in [-0.05, 0) is 40.7 Å². The van der Waals surface area contributed by atoms with Gasteiger partial charge in [-0.25, -0.2) is 4.79 Å². The Balaban J connectivity index is 2.47. The molecule has 1 rings (SSSR count). The smallest absolute Gasteiger partial charge is 0.408 e. The summed E-state index contributed by atoms with van der Waals surface area (Å²) < 4.78 is 10.6. The summed E-state index contributed by atoms with van der Waals surface area (Å²) in [6, 6.07) is 7.86. The van der Waals surface area contributed by atoms with Crippen LogP contribution in [0.25, 0.3) is 0 Å². The van der Waals surface area contributed by atoms with E-state index in [9.17, 15) is 4.79 Å². The molecule has 1 aromatic carbocycles. The fourth-order valence-corrected chi connectivity index (χ4v) is 1.98. The van der Waals surface area contributed by atoms with Crippen molar-refractivity contribution in [2.24, 2.45) is 0 Å². The van der Waals surface area contributed by atoms with Crippen LogP contribution in [-0.4, -0.2) is 30.9 Å². The van der Waals surface area contributed by atoms with Crippen LogP contribution in [0.2, 0.25) is 0 Å². The number of para-hydroxylation sites is 1. The minimum absolute atomic E-state index is 0.406. The zero-order valence-electron chi connectivity index (χ0n) is 14.4. The summed E-state index contributed by atoms with van der Waals surface area (Å²) >= 11 is 0. The summed E-state index contributed by atoms with van der Waals surface area (Å²) in [4.78, 5) is 11.8. The Labute approximate surface area is 133 Å². The number of hydrogen-bond acceptors (Lipinski definition) is 4. The van der Waals surface area contributed by atoms with E-state index in [2.05, 4.69) is 10.6 Å². The average molecular weight is 308 g/mol. The zero-order valence-corrected chi connectivity index (χ0v) is 14.4. The number of carbonyl (C=O) groups excluding carboxylic acids is 1. The van der Waals surface area contributed by atoms with E-state index in [1.165, 1.54) is 0 Å². The Morgan fingerprint density at radius 1 is 1.14 bits per heavy atom. The molecule has 5 nitrogen and oxygen atoms in total. The molecule has 0 saturated heterocycles. The van der Waals surface area contributed by atoms with Crippen molar-refractivity contribution in [1.29, 1.82) is 0 Å². The Bertz CT molecular complexity index is 493. The third-order valence-electron chi connectivity index (χ3n) is 2.91. The summed E-state index contributed by atoms with van der Waals surface area (Å²) in [6.45, 7) is 10.7. The standard InChI is InChI=1S/C17H28N2O3/c1-16(2,3)22-15(20)19-17(4,5)12-18-11-13-9-7-8-10-14(13)21-6/h7-10,18H,11-12H2,1-6H3,(H,19,20). The van der Waals surface area contributed by atoms with Gasteiger partial charge < -0.3 is 20.1 Å². The van der Waals surface area contributed by atoms with Crippen LogP contribution in [0.3, 0.4) is 0 Å². The lowest BCUT2D eigenvalue weighted by Crippen LogP contribution is -2.51. The number of amides is 1. The fraction of sp³-hybridized carbons (Fsp3) is 0.588. The lowest BCUT2D eigenvalue weighted by atomic mass is 10.1. The molecule has 0 aliphatic heterocycles. The van der Waals surface area contributed by atoms with Gasteiger partial charge in [-0.1, -0.05) is 18.2 Å². The third kappa shape index (κ3) is 6.80. The average Bonchev–Trinajstić information content (AvgIpc) is 2.35. The monoisotopic (exact) mass is 308 g/mol. The van der Waals surface area contributed by atoms with E-state index in [-0.39, 0.29) is 0 Å². The van der Waals surface area contributed by atoms with Gasteiger partial charge in [0, 0.05) is 18.7 Å². The molecule has 0 bridgehead atoms. The molecule has 0 unspecified atom stereocenters. The molecule has 1 amide bonds. The maximum Gasteiger partial charge on any atom is 0.408 e. The second-order valence-corrected chi connectivity index (χ2v) is 6.93. The van der Waals surface area contributed by atoms with E-state index in [0.717, 1.165) is 11.3 Å². The van der Waals surface area contributed by atoms with E-state index in [0.29, 0.717) is 13.1 Å². The lowest BCUT2D eigenvalue weighted by molar-refractivity contribution is 0.0472. The molecule has 0 spiro atoms. The quantitative estimate of drug-likeness (QED) is 0.848. The molecule has 22 heavy (non-hydrogen) atoms. The Morgan fingerprint density at radius 2 is 1.77 bits per heavy atom. The first-order valence-corrected chi connectivity index (χ1v) is 7.47. The van der Waals surface area contributed by atoms with Gasteiger partial charge in [0.15, 0.2) is 0 Å². The second kappa shape index (κ2) is 7.49. The maximum absolute atomic E-state index is 11.8. The van der Waals surface area contributed by atoms with Crippen LogP contribution in [-0.2, 0) is 11.3 Å². The number of rotatable bonds is 6. The van der Waals surface area contributed by atoms with E-state index in [1.807, 2.05) is 58.9 Å². The molecule has 2 N–H and O–H groups in total. The molecule has 0 aromatic heterocycles. The maximum atomic E-state index is 11.8. The molecule has 0 aliphatic rings. The van der Waals surface area contributed by atoms with Crippen molar-refractivity contribution < 1.29 is 14.3 Å². The molecule has 0 atom stereocenters. The molecular weight excluding hydrogens is 280 g/mol. The normalized spacial score (nSPS) is 11.9. The molecule has 0 heterocycles. The van der Waals surface area contributed by atoms with Crippen molar-refractivity contribution in [1.82, 2.24) is 10.6 Å². The molecule has 0 saturated carbocycles. The van der Waals surface area contributed by atoms with Crippen LogP contribution in [0.4, 0.5) is 4.79 Å². The van der Waals surface area contributed by atoms with Gasteiger partial charge >= 0.3 is 6.09 Å². The largest absolute Gasteiger partial charge is 0.496 e. The molecule has 0 aliphatic carbocycles. The molecule has 124 valence electrons. The van der Waals surface area contributed by atoms with Crippen molar-refractivity contribution in [2.75, 3.05) is 13.7 Å². The molecule has 0 radical (unpaired) electrons. The highest BCUT2D eigenvalue weighted by Crippen LogP contribution is 2.17. The first-order chi connectivity index (χ1) is 10.1. The van der Waals surface area contributed by atoms with E-state index >= 15 is 0 Å². The molecule has 5 heteroatoms. The van der Waals surface area contributed by atoms with Crippen molar-refractivity contribution in [3.05, 3.63) is 29.8 Å². The second-order valence-electron chi connectivity index (χ2n) is 6.93. The van der Waals surface area contributed by atoms with Crippen molar-refractivity contribution in [3.8, 4) is 5.75 Å². The molecule has 1 aromatic rings. The fourth-order valence-electron chi connectivity index (χ4n) is 1.98. The highest BCUT2D eigenvalue weighted by molar-refractivity contribution is 5.68. The minimum atomic E-state index is -0.495.